The van der Waals surface area contributed by atoms with Crippen molar-refractivity contribution in [2.75, 3.05) is 27.6 Å². The van der Waals surface area contributed by atoms with Crippen molar-refractivity contribution < 1.29 is 24.1 Å². The molecule has 0 bridgehead atoms. The Morgan fingerprint density at radius 2 is 1.92 bits per heavy atom. The Morgan fingerprint density at radius 3 is 2.52 bits per heavy atom. The molecule has 5 nitrogen and oxygen atoms in total. The van der Waals surface area contributed by atoms with Crippen LogP contribution in [0.25, 0.3) is 0 Å². The fourth-order valence-electron chi connectivity index (χ4n) is 2.55. The van der Waals surface area contributed by atoms with E-state index in [0.717, 1.165) is 17.7 Å². The van der Waals surface area contributed by atoms with Crippen LogP contribution in [0.2, 0.25) is 0 Å². The lowest BCUT2D eigenvalue weighted by atomic mass is 9.95. The normalized spacial score (nSPS) is 14.7. The summed E-state index contributed by atoms with van der Waals surface area (Å²) in [5.41, 5.74) is 1.08. The van der Waals surface area contributed by atoms with E-state index >= 15 is 0 Å². The van der Waals surface area contributed by atoms with Crippen molar-refractivity contribution in [2.24, 2.45) is 5.92 Å². The number of rotatable bonds is 14. The topological polar surface area (TPSA) is 57.2 Å². The number of hydrogen-bond donors (Lipinski definition) is 1. The zero-order chi connectivity index (χ0) is 18.5. The average Bonchev–Trinajstić information content (AvgIpc) is 2.63. The van der Waals surface area contributed by atoms with E-state index in [0.29, 0.717) is 26.1 Å². The molecule has 0 aromatic heterocycles. The Bertz CT molecular complexity index is 460. The minimum atomic E-state index is -0.468. The minimum absolute atomic E-state index is 0.0606. The molecular weight excluding hydrogens is 320 g/mol. The molecule has 0 aliphatic rings. The van der Waals surface area contributed by atoms with E-state index in [1.165, 1.54) is 0 Å². The number of benzene rings is 1. The van der Waals surface area contributed by atoms with Crippen LogP contribution >= 0.6 is 0 Å². The summed E-state index contributed by atoms with van der Waals surface area (Å²) in [5.74, 6) is 1.11. The Hall–Kier alpha value is -1.40. The van der Waals surface area contributed by atoms with Gasteiger partial charge < -0.3 is 24.1 Å². The van der Waals surface area contributed by atoms with Crippen molar-refractivity contribution in [3.63, 3.8) is 0 Å². The van der Waals surface area contributed by atoms with Gasteiger partial charge in [0, 0.05) is 13.7 Å². The van der Waals surface area contributed by atoms with Gasteiger partial charge in [0.2, 0.25) is 0 Å². The van der Waals surface area contributed by atoms with Gasteiger partial charge in [0.05, 0.1) is 25.9 Å². The molecule has 0 unspecified atom stereocenters. The Kier molecular flexibility index (Phi) is 11.2. The number of ether oxygens (including phenoxy) is 4. The van der Waals surface area contributed by atoms with Gasteiger partial charge in [0.25, 0.3) is 0 Å². The zero-order valence-electron chi connectivity index (χ0n) is 15.6. The van der Waals surface area contributed by atoms with Gasteiger partial charge in [-0.15, -0.1) is 6.58 Å². The van der Waals surface area contributed by atoms with Gasteiger partial charge in [-0.3, -0.25) is 0 Å². The summed E-state index contributed by atoms with van der Waals surface area (Å²) >= 11 is 0. The second-order valence-electron chi connectivity index (χ2n) is 6.19. The summed E-state index contributed by atoms with van der Waals surface area (Å²) < 4.78 is 21.5. The van der Waals surface area contributed by atoms with E-state index in [9.17, 15) is 5.11 Å². The van der Waals surface area contributed by atoms with Crippen LogP contribution in [-0.2, 0) is 20.8 Å². The first-order valence-electron chi connectivity index (χ1n) is 8.70. The van der Waals surface area contributed by atoms with Crippen LogP contribution in [0.3, 0.4) is 0 Å². The molecule has 142 valence electrons. The van der Waals surface area contributed by atoms with Crippen molar-refractivity contribution in [2.45, 2.75) is 45.0 Å². The highest BCUT2D eigenvalue weighted by Gasteiger charge is 2.21. The molecule has 0 fully saturated rings. The summed E-state index contributed by atoms with van der Waals surface area (Å²) in [6.07, 6.45) is 3.32. The minimum Gasteiger partial charge on any atom is -0.497 e. The molecule has 5 heteroatoms. The second kappa shape index (κ2) is 12.9. The molecule has 0 spiro atoms. The maximum Gasteiger partial charge on any atom is 0.146 e. The highest BCUT2D eigenvalue weighted by atomic mass is 16.7. The number of methoxy groups -OCH3 is 2. The molecule has 1 rings (SSSR count). The van der Waals surface area contributed by atoms with Crippen molar-refractivity contribution in [1.82, 2.24) is 0 Å². The van der Waals surface area contributed by atoms with Gasteiger partial charge in [0.1, 0.15) is 12.5 Å². The van der Waals surface area contributed by atoms with Gasteiger partial charge in [-0.05, 0) is 42.9 Å². The molecule has 0 heterocycles. The summed E-state index contributed by atoms with van der Waals surface area (Å²) in [6, 6.07) is 7.76. The number of aliphatic hydroxyl groups excluding tert-OH is 1. The standard InChI is InChI=1S/C20H32O5/c1-5-6-16(2)20(25-15-22-3)13-18(21)11-12-24-14-17-7-9-19(23-4)10-8-17/h5,7-10,16,18,20-21H,1,6,11-15H2,2-4H3/t16-,18+,20+/m0/s1. The monoisotopic (exact) mass is 352 g/mol. The van der Waals surface area contributed by atoms with E-state index in [4.69, 9.17) is 18.9 Å². The number of aliphatic hydroxyl groups is 1. The summed E-state index contributed by atoms with van der Waals surface area (Å²) in [5, 5.41) is 10.3. The first kappa shape index (κ1) is 21.6. The third-order valence-electron chi connectivity index (χ3n) is 4.10. The maximum absolute atomic E-state index is 10.3. The van der Waals surface area contributed by atoms with Crippen LogP contribution in [0.4, 0.5) is 0 Å². The van der Waals surface area contributed by atoms with Gasteiger partial charge in [-0.1, -0.05) is 25.1 Å². The molecule has 0 aliphatic heterocycles. The third kappa shape index (κ3) is 9.02. The Labute approximate surface area is 151 Å². The summed E-state index contributed by atoms with van der Waals surface area (Å²) in [4.78, 5) is 0. The van der Waals surface area contributed by atoms with Gasteiger partial charge >= 0.3 is 0 Å². The van der Waals surface area contributed by atoms with Crippen LogP contribution in [0, 0.1) is 5.92 Å². The first-order valence-corrected chi connectivity index (χ1v) is 8.70. The lowest BCUT2D eigenvalue weighted by molar-refractivity contribution is -0.103. The van der Waals surface area contributed by atoms with E-state index in [2.05, 4.69) is 13.5 Å². The summed E-state index contributed by atoms with van der Waals surface area (Å²) in [6.45, 7) is 7.11. The molecule has 0 amide bonds. The SMILES string of the molecule is C=CC[C@H](C)[C@@H](C[C@H](O)CCOCc1ccc(OC)cc1)OCOC. The van der Waals surface area contributed by atoms with Crippen LogP contribution in [-0.4, -0.2) is 44.9 Å². The van der Waals surface area contributed by atoms with Crippen LogP contribution in [0.5, 0.6) is 5.75 Å². The highest BCUT2D eigenvalue weighted by molar-refractivity contribution is 5.26. The highest BCUT2D eigenvalue weighted by Crippen LogP contribution is 2.19. The first-order chi connectivity index (χ1) is 12.1. The molecule has 1 N–H and O–H groups in total. The fraction of sp³-hybridized carbons (Fsp3) is 0.600. The molecule has 25 heavy (non-hydrogen) atoms. The molecular formula is C20H32O5. The van der Waals surface area contributed by atoms with Gasteiger partial charge in [-0.25, -0.2) is 0 Å². The van der Waals surface area contributed by atoms with Crippen molar-refractivity contribution in [3.05, 3.63) is 42.5 Å². The van der Waals surface area contributed by atoms with E-state index in [-0.39, 0.29) is 18.8 Å². The predicted molar refractivity (Wildman–Crippen MR) is 98.6 cm³/mol. The smallest absolute Gasteiger partial charge is 0.146 e. The van der Waals surface area contributed by atoms with Gasteiger partial charge in [0.15, 0.2) is 0 Å². The Morgan fingerprint density at radius 1 is 1.20 bits per heavy atom. The molecule has 3 atom stereocenters. The van der Waals surface area contributed by atoms with Crippen LogP contribution < -0.4 is 4.74 Å². The predicted octanol–water partition coefficient (Wildman–Crippen LogP) is 3.55. The number of allylic oxidation sites excluding steroid dienone is 1. The number of hydrogen-bond acceptors (Lipinski definition) is 5. The lowest BCUT2D eigenvalue weighted by Crippen LogP contribution is -2.28. The van der Waals surface area contributed by atoms with Crippen LogP contribution in [0.15, 0.2) is 36.9 Å². The molecule has 0 radical (unpaired) electrons. The van der Waals surface area contributed by atoms with E-state index in [1.807, 2.05) is 30.3 Å². The quantitative estimate of drug-likeness (QED) is 0.315. The van der Waals surface area contributed by atoms with E-state index < -0.39 is 6.10 Å². The lowest BCUT2D eigenvalue weighted by Gasteiger charge is -2.25. The summed E-state index contributed by atoms with van der Waals surface area (Å²) in [7, 11) is 3.24. The molecule has 0 saturated heterocycles. The molecule has 1 aromatic carbocycles. The molecule has 0 aliphatic carbocycles. The fourth-order valence-corrected chi connectivity index (χ4v) is 2.55. The average molecular weight is 352 g/mol. The third-order valence-corrected chi connectivity index (χ3v) is 4.10. The maximum atomic E-state index is 10.3. The van der Waals surface area contributed by atoms with E-state index in [1.54, 1.807) is 14.2 Å². The zero-order valence-corrected chi connectivity index (χ0v) is 15.6. The van der Waals surface area contributed by atoms with Crippen LogP contribution in [0.1, 0.15) is 31.7 Å². The van der Waals surface area contributed by atoms with Gasteiger partial charge in [-0.2, -0.15) is 0 Å². The van der Waals surface area contributed by atoms with Crippen molar-refractivity contribution in [1.29, 1.82) is 0 Å². The Balaban J connectivity index is 2.30. The van der Waals surface area contributed by atoms with Crippen molar-refractivity contribution in [3.8, 4) is 5.75 Å². The largest absolute Gasteiger partial charge is 0.497 e. The molecule has 1 aromatic rings. The van der Waals surface area contributed by atoms with Crippen molar-refractivity contribution >= 4 is 0 Å². The molecule has 0 saturated carbocycles. The second-order valence-corrected chi connectivity index (χ2v) is 6.19.